The lowest BCUT2D eigenvalue weighted by Gasteiger charge is -2.12. The molecular formula is C12H12ClN3. The Morgan fingerprint density at radius 2 is 2.06 bits per heavy atom. The van der Waals surface area contributed by atoms with Gasteiger partial charge in [-0.2, -0.15) is 0 Å². The van der Waals surface area contributed by atoms with Gasteiger partial charge >= 0.3 is 0 Å². The predicted octanol–water partition coefficient (Wildman–Crippen LogP) is 2.54. The number of aryl methyl sites for hydroxylation is 1. The summed E-state index contributed by atoms with van der Waals surface area (Å²) in [5, 5.41) is 1.65. The number of para-hydroxylation sites is 1. The maximum atomic E-state index is 6.22. The van der Waals surface area contributed by atoms with Gasteiger partial charge in [-0.25, -0.2) is 9.97 Å². The molecule has 1 aromatic carbocycles. The minimum Gasteiger partial charge on any atom is -0.320 e. The van der Waals surface area contributed by atoms with E-state index in [9.17, 15) is 0 Å². The molecule has 1 aliphatic rings. The number of nitrogens with two attached hydrogens (primary N) is 1. The molecule has 2 aromatic rings. The quantitative estimate of drug-likeness (QED) is 0.824. The molecule has 0 bridgehead atoms. The Kier molecular flexibility index (Phi) is 1.97. The third-order valence-electron chi connectivity index (χ3n) is 3.05. The highest BCUT2D eigenvalue weighted by atomic mass is 35.5. The SMILES string of the molecule is Cc1nc(C2(N)CC2)c2cccc(Cl)c2n1. The molecule has 0 amide bonds. The topological polar surface area (TPSA) is 51.8 Å². The lowest BCUT2D eigenvalue weighted by molar-refractivity contribution is 0.708. The highest BCUT2D eigenvalue weighted by molar-refractivity contribution is 6.35. The molecule has 0 unspecified atom stereocenters. The van der Waals surface area contributed by atoms with Crippen LogP contribution in [0.25, 0.3) is 10.9 Å². The van der Waals surface area contributed by atoms with Crippen LogP contribution in [-0.2, 0) is 5.54 Å². The molecule has 1 saturated carbocycles. The normalized spacial score (nSPS) is 17.7. The summed E-state index contributed by atoms with van der Waals surface area (Å²) in [5.74, 6) is 0.729. The van der Waals surface area contributed by atoms with Crippen molar-refractivity contribution in [1.82, 2.24) is 9.97 Å². The van der Waals surface area contributed by atoms with Crippen molar-refractivity contribution in [3.63, 3.8) is 0 Å². The van der Waals surface area contributed by atoms with Crippen molar-refractivity contribution in [3.8, 4) is 0 Å². The maximum Gasteiger partial charge on any atom is 0.126 e. The summed E-state index contributed by atoms with van der Waals surface area (Å²) in [6.45, 7) is 1.87. The van der Waals surface area contributed by atoms with E-state index in [-0.39, 0.29) is 5.54 Å². The molecule has 0 aliphatic heterocycles. The maximum absolute atomic E-state index is 6.22. The molecule has 3 rings (SSSR count). The zero-order chi connectivity index (χ0) is 11.3. The third-order valence-corrected chi connectivity index (χ3v) is 3.35. The summed E-state index contributed by atoms with van der Waals surface area (Å²) in [6.07, 6.45) is 1.98. The molecule has 0 radical (unpaired) electrons. The molecule has 0 saturated heterocycles. The number of hydrogen-bond donors (Lipinski definition) is 1. The van der Waals surface area contributed by atoms with Crippen LogP contribution >= 0.6 is 11.6 Å². The van der Waals surface area contributed by atoms with Gasteiger partial charge in [0.05, 0.1) is 21.8 Å². The molecule has 0 spiro atoms. The monoisotopic (exact) mass is 233 g/mol. The first-order valence-corrected chi connectivity index (χ1v) is 5.70. The van der Waals surface area contributed by atoms with Crippen molar-refractivity contribution in [2.24, 2.45) is 5.73 Å². The molecule has 0 atom stereocenters. The highest BCUT2D eigenvalue weighted by Gasteiger charge is 2.43. The summed E-state index contributed by atoms with van der Waals surface area (Å²) in [5.41, 5.74) is 7.72. The fourth-order valence-electron chi connectivity index (χ4n) is 1.98. The van der Waals surface area contributed by atoms with E-state index < -0.39 is 0 Å². The van der Waals surface area contributed by atoms with Crippen molar-refractivity contribution in [3.05, 3.63) is 34.7 Å². The number of benzene rings is 1. The van der Waals surface area contributed by atoms with Crippen LogP contribution in [0, 0.1) is 6.92 Å². The van der Waals surface area contributed by atoms with Crippen LogP contribution in [-0.4, -0.2) is 9.97 Å². The molecule has 1 aliphatic carbocycles. The average Bonchev–Trinajstić information content (AvgIpc) is 2.98. The van der Waals surface area contributed by atoms with E-state index in [2.05, 4.69) is 9.97 Å². The number of fused-ring (bicyclic) bond motifs is 1. The Bertz CT molecular complexity index is 576. The smallest absolute Gasteiger partial charge is 0.126 e. The minimum atomic E-state index is -0.253. The summed E-state index contributed by atoms with van der Waals surface area (Å²) in [6, 6.07) is 5.75. The molecule has 4 heteroatoms. The van der Waals surface area contributed by atoms with Gasteiger partial charge < -0.3 is 5.73 Å². The molecule has 82 valence electrons. The van der Waals surface area contributed by atoms with E-state index in [1.165, 1.54) is 0 Å². The van der Waals surface area contributed by atoms with Crippen LogP contribution in [0.15, 0.2) is 18.2 Å². The second-order valence-electron chi connectivity index (χ2n) is 4.41. The van der Waals surface area contributed by atoms with Gasteiger partial charge in [-0.15, -0.1) is 0 Å². The number of rotatable bonds is 1. The van der Waals surface area contributed by atoms with Crippen molar-refractivity contribution < 1.29 is 0 Å². The first-order valence-electron chi connectivity index (χ1n) is 5.32. The lowest BCUT2D eigenvalue weighted by Crippen LogP contribution is -2.21. The van der Waals surface area contributed by atoms with E-state index in [1.54, 1.807) is 0 Å². The molecule has 1 fully saturated rings. The first-order chi connectivity index (χ1) is 7.60. The van der Waals surface area contributed by atoms with Crippen LogP contribution in [0.4, 0.5) is 0 Å². The number of nitrogens with zero attached hydrogens (tertiary/aromatic N) is 2. The molecule has 1 aromatic heterocycles. The zero-order valence-corrected chi connectivity index (χ0v) is 9.75. The van der Waals surface area contributed by atoms with Gasteiger partial charge in [0.2, 0.25) is 0 Å². The van der Waals surface area contributed by atoms with Gasteiger partial charge in [0.15, 0.2) is 0 Å². The second-order valence-corrected chi connectivity index (χ2v) is 4.82. The van der Waals surface area contributed by atoms with Crippen LogP contribution in [0.3, 0.4) is 0 Å². The average molecular weight is 234 g/mol. The predicted molar refractivity (Wildman–Crippen MR) is 64.4 cm³/mol. The Labute approximate surface area is 98.6 Å². The molecular weight excluding hydrogens is 222 g/mol. The fraction of sp³-hybridized carbons (Fsp3) is 0.333. The minimum absolute atomic E-state index is 0.253. The van der Waals surface area contributed by atoms with Crippen molar-refractivity contribution >= 4 is 22.5 Å². The number of aromatic nitrogens is 2. The lowest BCUT2D eigenvalue weighted by atomic mass is 10.1. The van der Waals surface area contributed by atoms with E-state index >= 15 is 0 Å². The molecule has 3 nitrogen and oxygen atoms in total. The third kappa shape index (κ3) is 1.39. The van der Waals surface area contributed by atoms with Gasteiger partial charge in [-0.05, 0) is 25.8 Å². The van der Waals surface area contributed by atoms with Gasteiger partial charge in [0.1, 0.15) is 5.82 Å². The summed E-state index contributed by atoms with van der Waals surface area (Å²) < 4.78 is 0. The summed E-state index contributed by atoms with van der Waals surface area (Å²) >= 11 is 6.14. The second kappa shape index (κ2) is 3.15. The Balaban J connectivity index is 2.39. The Morgan fingerprint density at radius 1 is 1.31 bits per heavy atom. The van der Waals surface area contributed by atoms with Crippen LogP contribution < -0.4 is 5.73 Å². The Hall–Kier alpha value is -1.19. The van der Waals surface area contributed by atoms with E-state index in [1.807, 2.05) is 25.1 Å². The highest BCUT2D eigenvalue weighted by Crippen LogP contribution is 2.44. The summed E-state index contributed by atoms with van der Waals surface area (Å²) in [7, 11) is 0. The Morgan fingerprint density at radius 3 is 2.75 bits per heavy atom. The number of hydrogen-bond acceptors (Lipinski definition) is 3. The van der Waals surface area contributed by atoms with Gasteiger partial charge in [0, 0.05) is 5.39 Å². The standard InChI is InChI=1S/C12H12ClN3/c1-7-15-10-8(3-2-4-9(10)13)11(16-7)12(14)5-6-12/h2-4H,5-6,14H2,1H3. The molecule has 16 heavy (non-hydrogen) atoms. The largest absolute Gasteiger partial charge is 0.320 e. The first kappa shape index (κ1) is 10.00. The van der Waals surface area contributed by atoms with Crippen LogP contribution in [0.2, 0.25) is 5.02 Å². The van der Waals surface area contributed by atoms with E-state index in [4.69, 9.17) is 17.3 Å². The van der Waals surface area contributed by atoms with Gasteiger partial charge in [0.25, 0.3) is 0 Å². The summed E-state index contributed by atoms with van der Waals surface area (Å²) in [4.78, 5) is 8.86. The van der Waals surface area contributed by atoms with Crippen LogP contribution in [0.1, 0.15) is 24.4 Å². The van der Waals surface area contributed by atoms with Gasteiger partial charge in [-0.1, -0.05) is 23.7 Å². The fourth-order valence-corrected chi connectivity index (χ4v) is 2.20. The van der Waals surface area contributed by atoms with Gasteiger partial charge in [-0.3, -0.25) is 0 Å². The van der Waals surface area contributed by atoms with Crippen molar-refractivity contribution in [1.29, 1.82) is 0 Å². The van der Waals surface area contributed by atoms with Crippen LogP contribution in [0.5, 0.6) is 0 Å². The van der Waals surface area contributed by atoms with E-state index in [0.29, 0.717) is 5.02 Å². The molecule has 2 N–H and O–H groups in total. The zero-order valence-electron chi connectivity index (χ0n) is 9.00. The van der Waals surface area contributed by atoms with E-state index in [0.717, 1.165) is 35.3 Å². The van der Waals surface area contributed by atoms with Crippen molar-refractivity contribution in [2.45, 2.75) is 25.3 Å². The van der Waals surface area contributed by atoms with Crippen molar-refractivity contribution in [2.75, 3.05) is 0 Å². The number of halogens is 1. The molecule has 1 heterocycles.